The van der Waals surface area contributed by atoms with Gasteiger partial charge in [-0.2, -0.15) is 4.99 Å². The van der Waals surface area contributed by atoms with Crippen LogP contribution in [0.1, 0.15) is 0 Å². The number of nitrogens with zero attached hydrogens (tertiary/aromatic N) is 3. The minimum atomic E-state index is -0.391. The Morgan fingerprint density at radius 3 is 2.26 bits per heavy atom. The van der Waals surface area contributed by atoms with E-state index >= 15 is 0 Å². The van der Waals surface area contributed by atoms with Crippen molar-refractivity contribution in [2.24, 2.45) is 10.1 Å². The summed E-state index contributed by atoms with van der Waals surface area (Å²) >= 11 is 0. The van der Waals surface area contributed by atoms with Crippen molar-refractivity contribution in [3.05, 3.63) is 60.2 Å². The van der Waals surface area contributed by atoms with Crippen molar-refractivity contribution >= 4 is 24.1 Å². The quantitative estimate of drug-likeness (QED) is 0.735. The molecule has 19 heavy (non-hydrogen) atoms. The van der Waals surface area contributed by atoms with E-state index in [-0.39, 0.29) is 10.4 Å². The number of quaternary nitrogens is 1. The SMILES string of the molecule is Fc1ccc([N+]2(c3ccccc3F)C=NC=N2)cc1. The molecule has 1 aliphatic rings. The topological polar surface area (TPSA) is 24.7 Å². The minimum absolute atomic E-state index is 0.229. The van der Waals surface area contributed by atoms with Gasteiger partial charge in [0.1, 0.15) is 5.82 Å². The number of aliphatic imine (C=N–C) groups is 1. The second-order valence-corrected chi connectivity index (χ2v) is 4.11. The van der Waals surface area contributed by atoms with Crippen molar-refractivity contribution in [1.29, 1.82) is 0 Å². The van der Waals surface area contributed by atoms with Gasteiger partial charge < -0.3 is 0 Å². The summed E-state index contributed by atoms with van der Waals surface area (Å²) in [7, 11) is 0. The molecule has 0 amide bonds. The summed E-state index contributed by atoms with van der Waals surface area (Å²) < 4.78 is 26.8. The summed E-state index contributed by atoms with van der Waals surface area (Å²) in [5.41, 5.74) is 0.954. The maximum Gasteiger partial charge on any atom is 0.229 e. The first-order valence-corrected chi connectivity index (χ1v) is 5.71. The summed E-state index contributed by atoms with van der Waals surface area (Å²) in [5, 5.41) is 4.23. The number of benzene rings is 2. The molecule has 0 bridgehead atoms. The Kier molecular flexibility index (Phi) is 2.68. The summed E-state index contributed by atoms with van der Waals surface area (Å²) in [6, 6.07) is 12.1. The van der Waals surface area contributed by atoms with E-state index in [2.05, 4.69) is 10.1 Å². The van der Waals surface area contributed by atoms with E-state index in [1.54, 1.807) is 30.3 Å². The van der Waals surface area contributed by atoms with Gasteiger partial charge in [0.05, 0.1) is 0 Å². The van der Waals surface area contributed by atoms with Crippen LogP contribution in [0.25, 0.3) is 0 Å². The molecule has 0 saturated carbocycles. The molecular formula is C14H10F2N3+. The molecule has 0 N–H and O–H groups in total. The molecule has 0 saturated heterocycles. The lowest BCUT2D eigenvalue weighted by molar-refractivity contribution is 0.550. The Balaban J connectivity index is 2.21. The van der Waals surface area contributed by atoms with Crippen LogP contribution in [0.3, 0.4) is 0 Å². The number of rotatable bonds is 2. The van der Waals surface area contributed by atoms with Gasteiger partial charge in [-0.15, -0.1) is 0 Å². The van der Waals surface area contributed by atoms with Crippen LogP contribution < -0.4 is 4.59 Å². The van der Waals surface area contributed by atoms with E-state index in [1.807, 2.05) is 0 Å². The molecule has 0 aliphatic carbocycles. The van der Waals surface area contributed by atoms with E-state index in [0.717, 1.165) is 0 Å². The number of halogens is 2. The molecule has 1 atom stereocenters. The lowest BCUT2D eigenvalue weighted by Gasteiger charge is -2.23. The highest BCUT2D eigenvalue weighted by atomic mass is 19.1. The first kappa shape index (κ1) is 11.7. The van der Waals surface area contributed by atoms with Crippen LogP contribution in [-0.2, 0) is 0 Å². The van der Waals surface area contributed by atoms with E-state index in [0.29, 0.717) is 11.4 Å². The average Bonchev–Trinajstić information content (AvgIpc) is 2.90. The molecule has 3 nitrogen and oxygen atoms in total. The smallest absolute Gasteiger partial charge is 0.207 e. The fraction of sp³-hybridized carbons (Fsp3) is 0. The van der Waals surface area contributed by atoms with Crippen molar-refractivity contribution in [3.63, 3.8) is 0 Å². The molecule has 1 unspecified atom stereocenters. The van der Waals surface area contributed by atoms with Gasteiger partial charge in [-0.05, 0) is 18.2 Å². The molecule has 5 heteroatoms. The normalized spacial score (nSPS) is 20.9. The van der Waals surface area contributed by atoms with Crippen LogP contribution in [0, 0.1) is 11.6 Å². The van der Waals surface area contributed by atoms with Crippen LogP contribution in [0.4, 0.5) is 20.2 Å². The maximum atomic E-state index is 14.0. The zero-order valence-electron chi connectivity index (χ0n) is 9.87. The first-order valence-electron chi connectivity index (χ1n) is 5.71. The predicted molar refractivity (Wildman–Crippen MR) is 71.2 cm³/mol. The highest BCUT2D eigenvalue weighted by Crippen LogP contribution is 2.36. The van der Waals surface area contributed by atoms with Crippen LogP contribution in [0.15, 0.2) is 58.6 Å². The van der Waals surface area contributed by atoms with Gasteiger partial charge in [0.25, 0.3) is 0 Å². The van der Waals surface area contributed by atoms with E-state index < -0.39 is 5.82 Å². The lowest BCUT2D eigenvalue weighted by atomic mass is 10.2. The number of hydrogen-bond donors (Lipinski definition) is 0. The van der Waals surface area contributed by atoms with Crippen molar-refractivity contribution in [3.8, 4) is 0 Å². The Morgan fingerprint density at radius 2 is 1.63 bits per heavy atom. The third-order valence-corrected chi connectivity index (χ3v) is 2.97. The predicted octanol–water partition coefficient (Wildman–Crippen LogP) is 3.59. The Labute approximate surface area is 108 Å². The van der Waals surface area contributed by atoms with Crippen LogP contribution in [0.2, 0.25) is 0 Å². The van der Waals surface area contributed by atoms with Crippen molar-refractivity contribution < 1.29 is 8.78 Å². The van der Waals surface area contributed by atoms with Gasteiger partial charge in [-0.3, -0.25) is 0 Å². The molecule has 0 aromatic heterocycles. The van der Waals surface area contributed by atoms with Crippen molar-refractivity contribution in [2.45, 2.75) is 0 Å². The third-order valence-electron chi connectivity index (χ3n) is 2.97. The average molecular weight is 258 g/mol. The largest absolute Gasteiger partial charge is 0.229 e. The highest BCUT2D eigenvalue weighted by Gasteiger charge is 2.37. The summed E-state index contributed by atoms with van der Waals surface area (Å²) in [6.07, 6.45) is 2.86. The van der Waals surface area contributed by atoms with Gasteiger partial charge in [-0.25, -0.2) is 8.78 Å². The Hall–Kier alpha value is -2.40. The molecule has 0 radical (unpaired) electrons. The van der Waals surface area contributed by atoms with E-state index in [4.69, 9.17) is 0 Å². The number of para-hydroxylation sites is 1. The molecule has 2 aromatic carbocycles. The van der Waals surface area contributed by atoms with E-state index in [1.165, 1.54) is 30.9 Å². The van der Waals surface area contributed by atoms with Gasteiger partial charge in [0.2, 0.25) is 12.0 Å². The summed E-state index contributed by atoms with van der Waals surface area (Å²) in [6.45, 7) is 0. The zero-order valence-corrected chi connectivity index (χ0v) is 9.87. The van der Waals surface area contributed by atoms with Crippen LogP contribution in [0.5, 0.6) is 0 Å². The summed E-state index contributed by atoms with van der Waals surface area (Å²) in [5.74, 6) is -0.743. The minimum Gasteiger partial charge on any atom is -0.207 e. The van der Waals surface area contributed by atoms with Crippen molar-refractivity contribution in [2.75, 3.05) is 0 Å². The molecule has 0 fully saturated rings. The zero-order chi connectivity index (χ0) is 13.3. The van der Waals surface area contributed by atoms with Crippen LogP contribution in [-0.4, -0.2) is 12.7 Å². The highest BCUT2D eigenvalue weighted by molar-refractivity contribution is 5.91. The molecule has 94 valence electrons. The fourth-order valence-electron chi connectivity index (χ4n) is 2.06. The fourth-order valence-corrected chi connectivity index (χ4v) is 2.06. The molecular weight excluding hydrogens is 248 g/mol. The Morgan fingerprint density at radius 1 is 0.895 bits per heavy atom. The van der Waals surface area contributed by atoms with Crippen LogP contribution >= 0.6 is 0 Å². The second-order valence-electron chi connectivity index (χ2n) is 4.11. The van der Waals surface area contributed by atoms with Crippen molar-refractivity contribution in [1.82, 2.24) is 4.59 Å². The first-order chi connectivity index (χ1) is 9.22. The second kappa shape index (κ2) is 4.37. The van der Waals surface area contributed by atoms with Gasteiger partial charge in [-0.1, -0.05) is 21.8 Å². The summed E-state index contributed by atoms with van der Waals surface area (Å²) in [4.78, 5) is 3.95. The standard InChI is InChI=1S/C14H10F2N3/c15-11-5-7-12(8-6-11)19(10-17-9-18-19)14-4-2-1-3-13(14)16/h1-10H/q+1. The molecule has 1 aliphatic heterocycles. The lowest BCUT2D eigenvalue weighted by Crippen LogP contribution is -2.35. The molecule has 3 rings (SSSR count). The van der Waals surface area contributed by atoms with E-state index in [9.17, 15) is 8.78 Å². The monoisotopic (exact) mass is 258 g/mol. The molecule has 2 aromatic rings. The number of hydrogen-bond acceptors (Lipinski definition) is 2. The molecule has 1 heterocycles. The molecule has 0 spiro atoms. The maximum absolute atomic E-state index is 14.0. The Bertz CT molecular complexity index is 651. The van der Waals surface area contributed by atoms with Gasteiger partial charge in [0.15, 0.2) is 17.8 Å². The van der Waals surface area contributed by atoms with Gasteiger partial charge in [0, 0.05) is 18.2 Å². The third kappa shape index (κ3) is 1.84. The van der Waals surface area contributed by atoms with Gasteiger partial charge >= 0.3 is 0 Å².